The van der Waals surface area contributed by atoms with Gasteiger partial charge in [0.1, 0.15) is 0 Å². The van der Waals surface area contributed by atoms with Crippen LogP contribution >= 0.6 is 0 Å². The molecule has 0 saturated carbocycles. The van der Waals surface area contributed by atoms with Gasteiger partial charge in [-0.1, -0.05) is 0 Å². The maximum absolute atomic E-state index is 10.1. The van der Waals surface area contributed by atoms with Crippen LogP contribution in [-0.2, 0) is 4.79 Å². The summed E-state index contributed by atoms with van der Waals surface area (Å²) in [6.45, 7) is 3.87. The third-order valence-electron chi connectivity index (χ3n) is 2.01. The highest BCUT2D eigenvalue weighted by atomic mass is 16.1. The van der Waals surface area contributed by atoms with E-state index < -0.39 is 0 Å². The summed E-state index contributed by atoms with van der Waals surface area (Å²) >= 11 is 0. The van der Waals surface area contributed by atoms with Crippen molar-refractivity contribution in [2.75, 3.05) is 26.2 Å². The number of likely N-dealkylation sites (tertiary alicyclic amines) is 1. The van der Waals surface area contributed by atoms with E-state index in [-0.39, 0.29) is 0 Å². The summed E-state index contributed by atoms with van der Waals surface area (Å²) in [5.74, 6) is 5.29. The van der Waals surface area contributed by atoms with E-state index in [1.54, 1.807) is 0 Å². The fraction of sp³-hybridized carbons (Fsp3) is 0.857. The lowest BCUT2D eigenvalue weighted by Gasteiger charge is -2.17. The molecule has 1 aliphatic heterocycles. The molecule has 0 aromatic heterocycles. The minimum Gasteiger partial charge on any atom is -0.302 e. The molecular formula is C7H15N3O. The summed E-state index contributed by atoms with van der Waals surface area (Å²) in [6, 6.07) is 0. The van der Waals surface area contributed by atoms with Gasteiger partial charge in [-0.2, -0.15) is 0 Å². The molecule has 1 rings (SSSR count). The van der Waals surface area contributed by atoms with E-state index in [9.17, 15) is 4.79 Å². The highest BCUT2D eigenvalue weighted by Crippen LogP contribution is 2.05. The lowest BCUT2D eigenvalue weighted by atomic mass is 10.4. The van der Waals surface area contributed by atoms with Gasteiger partial charge < -0.3 is 4.90 Å². The number of carbonyl (C=O) groups is 1. The first-order valence-electron chi connectivity index (χ1n) is 4.02. The van der Waals surface area contributed by atoms with Gasteiger partial charge in [0.2, 0.25) is 6.41 Å². The Balaban J connectivity index is 2.06. The van der Waals surface area contributed by atoms with Crippen LogP contribution in [0, 0.1) is 0 Å². The van der Waals surface area contributed by atoms with E-state index in [1.807, 2.05) is 0 Å². The van der Waals surface area contributed by atoms with Crippen molar-refractivity contribution in [3.05, 3.63) is 0 Å². The van der Waals surface area contributed by atoms with Gasteiger partial charge in [0, 0.05) is 13.1 Å². The molecule has 1 aliphatic rings. The average molecular weight is 157 g/mol. The van der Waals surface area contributed by atoms with Gasteiger partial charge >= 0.3 is 0 Å². The molecule has 4 nitrogen and oxygen atoms in total. The molecule has 1 heterocycles. The molecule has 64 valence electrons. The summed E-state index contributed by atoms with van der Waals surface area (Å²) in [5.41, 5.74) is 0. The molecule has 0 unspecified atom stereocenters. The van der Waals surface area contributed by atoms with Crippen LogP contribution in [0.3, 0.4) is 0 Å². The molecule has 0 bridgehead atoms. The quantitative estimate of drug-likeness (QED) is 0.257. The highest BCUT2D eigenvalue weighted by Gasteiger charge is 2.10. The van der Waals surface area contributed by atoms with Crippen LogP contribution in [0.1, 0.15) is 12.8 Å². The van der Waals surface area contributed by atoms with Crippen molar-refractivity contribution in [1.29, 1.82) is 0 Å². The van der Waals surface area contributed by atoms with Crippen molar-refractivity contribution in [2.45, 2.75) is 12.8 Å². The molecular weight excluding hydrogens is 142 g/mol. The van der Waals surface area contributed by atoms with E-state index in [4.69, 9.17) is 5.84 Å². The van der Waals surface area contributed by atoms with Crippen LogP contribution in [0.15, 0.2) is 0 Å². The van der Waals surface area contributed by atoms with Gasteiger partial charge in [-0.05, 0) is 25.9 Å². The van der Waals surface area contributed by atoms with Crippen LogP contribution < -0.4 is 5.84 Å². The topological polar surface area (TPSA) is 49.6 Å². The first-order valence-corrected chi connectivity index (χ1v) is 4.02. The number of amides is 1. The number of carbonyl (C=O) groups excluding carboxylic acids is 1. The Hall–Kier alpha value is -0.610. The molecule has 0 aromatic carbocycles. The zero-order valence-electron chi connectivity index (χ0n) is 6.70. The Morgan fingerprint density at radius 2 is 2.09 bits per heavy atom. The summed E-state index contributed by atoms with van der Waals surface area (Å²) < 4.78 is 0. The van der Waals surface area contributed by atoms with Crippen molar-refractivity contribution < 1.29 is 4.79 Å². The Bertz CT molecular complexity index is 123. The maximum atomic E-state index is 10.1. The summed E-state index contributed by atoms with van der Waals surface area (Å²) in [7, 11) is 0. The summed E-state index contributed by atoms with van der Waals surface area (Å²) in [6.07, 6.45) is 3.23. The molecule has 0 atom stereocenters. The fourth-order valence-electron chi connectivity index (χ4n) is 1.32. The van der Waals surface area contributed by atoms with Gasteiger partial charge in [0.25, 0.3) is 0 Å². The average Bonchev–Trinajstić information content (AvgIpc) is 2.52. The molecule has 0 aromatic rings. The van der Waals surface area contributed by atoms with E-state index in [1.165, 1.54) is 17.9 Å². The zero-order valence-corrected chi connectivity index (χ0v) is 6.70. The monoisotopic (exact) mass is 157 g/mol. The number of nitrogens with zero attached hydrogens (tertiary/aromatic N) is 2. The number of hydrogen-bond acceptors (Lipinski definition) is 3. The van der Waals surface area contributed by atoms with Gasteiger partial charge in [-0.25, -0.2) is 5.84 Å². The van der Waals surface area contributed by atoms with Crippen LogP contribution in [0.25, 0.3) is 0 Å². The van der Waals surface area contributed by atoms with Crippen LogP contribution in [0.4, 0.5) is 0 Å². The molecule has 2 N–H and O–H groups in total. The Kier molecular flexibility index (Phi) is 3.32. The Morgan fingerprint density at radius 3 is 2.64 bits per heavy atom. The van der Waals surface area contributed by atoms with Crippen LogP contribution in [0.2, 0.25) is 0 Å². The molecule has 0 radical (unpaired) electrons. The van der Waals surface area contributed by atoms with E-state index in [0.717, 1.165) is 19.6 Å². The molecule has 0 spiro atoms. The van der Waals surface area contributed by atoms with Crippen molar-refractivity contribution in [3.63, 3.8) is 0 Å². The number of rotatable bonds is 4. The van der Waals surface area contributed by atoms with Crippen molar-refractivity contribution in [1.82, 2.24) is 9.91 Å². The number of hydrogen-bond donors (Lipinski definition) is 1. The van der Waals surface area contributed by atoms with E-state index in [2.05, 4.69) is 4.90 Å². The molecule has 1 amide bonds. The lowest BCUT2D eigenvalue weighted by Crippen LogP contribution is -2.37. The van der Waals surface area contributed by atoms with Gasteiger partial charge in [0.05, 0.1) is 0 Å². The zero-order chi connectivity index (χ0) is 8.10. The van der Waals surface area contributed by atoms with Crippen molar-refractivity contribution >= 4 is 6.41 Å². The second-order valence-electron chi connectivity index (χ2n) is 2.89. The second-order valence-corrected chi connectivity index (χ2v) is 2.89. The van der Waals surface area contributed by atoms with Crippen molar-refractivity contribution in [3.8, 4) is 0 Å². The highest BCUT2D eigenvalue weighted by molar-refractivity contribution is 5.45. The molecule has 1 saturated heterocycles. The minimum atomic E-state index is 0.642. The standard InChI is InChI=1S/C7H15N3O/c8-10(7-11)6-5-9-3-1-2-4-9/h7H,1-6,8H2. The second kappa shape index (κ2) is 4.31. The predicted molar refractivity (Wildman–Crippen MR) is 42.6 cm³/mol. The van der Waals surface area contributed by atoms with E-state index >= 15 is 0 Å². The predicted octanol–water partition coefficient (Wildman–Crippen LogP) is -0.586. The smallest absolute Gasteiger partial charge is 0.223 e. The molecule has 11 heavy (non-hydrogen) atoms. The lowest BCUT2D eigenvalue weighted by molar-refractivity contribution is -0.118. The fourth-order valence-corrected chi connectivity index (χ4v) is 1.32. The number of hydrazine groups is 1. The summed E-state index contributed by atoms with van der Waals surface area (Å²) in [4.78, 5) is 12.4. The molecule has 0 aliphatic carbocycles. The molecule has 4 heteroatoms. The van der Waals surface area contributed by atoms with Crippen LogP contribution in [-0.4, -0.2) is 42.5 Å². The third-order valence-corrected chi connectivity index (χ3v) is 2.01. The SMILES string of the molecule is NN(C=O)CCN1CCCC1. The minimum absolute atomic E-state index is 0.642. The Labute approximate surface area is 66.9 Å². The first kappa shape index (κ1) is 8.49. The van der Waals surface area contributed by atoms with Gasteiger partial charge in [0.15, 0.2) is 0 Å². The van der Waals surface area contributed by atoms with E-state index in [0.29, 0.717) is 13.0 Å². The van der Waals surface area contributed by atoms with Crippen LogP contribution in [0.5, 0.6) is 0 Å². The summed E-state index contributed by atoms with van der Waals surface area (Å²) in [5, 5.41) is 1.19. The normalized spacial score (nSPS) is 18.6. The third kappa shape index (κ3) is 2.86. The first-order chi connectivity index (χ1) is 5.33. The van der Waals surface area contributed by atoms with Crippen molar-refractivity contribution in [2.24, 2.45) is 5.84 Å². The number of nitrogens with two attached hydrogens (primary N) is 1. The largest absolute Gasteiger partial charge is 0.302 e. The van der Waals surface area contributed by atoms with Gasteiger partial charge in [-0.3, -0.25) is 9.80 Å². The van der Waals surface area contributed by atoms with Gasteiger partial charge in [-0.15, -0.1) is 0 Å². The Morgan fingerprint density at radius 1 is 1.45 bits per heavy atom. The molecule has 1 fully saturated rings. The maximum Gasteiger partial charge on any atom is 0.223 e.